The van der Waals surface area contributed by atoms with Crippen molar-refractivity contribution in [1.29, 1.82) is 0 Å². The van der Waals surface area contributed by atoms with Crippen LogP contribution in [-0.2, 0) is 4.79 Å². The first-order valence-corrected chi connectivity index (χ1v) is 7.54. The van der Waals surface area contributed by atoms with Crippen LogP contribution in [0.25, 0.3) is 0 Å². The van der Waals surface area contributed by atoms with Crippen molar-refractivity contribution < 1.29 is 14.8 Å². The van der Waals surface area contributed by atoms with Crippen LogP contribution in [0.4, 0.5) is 11.4 Å². The predicted octanol–water partition coefficient (Wildman–Crippen LogP) is 2.63. The number of aromatic hydroxyl groups is 1. The second kappa shape index (κ2) is 8.06. The normalized spacial score (nSPS) is 10.5. The highest BCUT2D eigenvalue weighted by atomic mass is 79.9. The van der Waals surface area contributed by atoms with Gasteiger partial charge >= 0.3 is 0 Å². The fourth-order valence-electron chi connectivity index (χ4n) is 1.75. The molecule has 0 heterocycles. The largest absolute Gasteiger partial charge is 0.507 e. The highest BCUT2D eigenvalue weighted by Crippen LogP contribution is 2.21. The van der Waals surface area contributed by atoms with Crippen molar-refractivity contribution in [3.8, 4) is 5.75 Å². The van der Waals surface area contributed by atoms with Gasteiger partial charge in [-0.05, 0) is 24.3 Å². The van der Waals surface area contributed by atoms with Crippen molar-refractivity contribution in [2.75, 3.05) is 11.9 Å². The molecule has 0 aliphatic rings. The number of phenols is 1. The van der Waals surface area contributed by atoms with E-state index in [1.807, 2.05) is 24.3 Å². The molecule has 1 amide bonds. The lowest BCUT2D eigenvalue weighted by molar-refractivity contribution is -0.384. The maximum atomic E-state index is 11.7. The van der Waals surface area contributed by atoms with E-state index in [9.17, 15) is 20.0 Å². The number of phenolic OH excluding ortho intramolecular Hbond substituents is 1. The molecule has 0 unspecified atom stereocenters. The molecule has 2 aromatic rings. The number of hydrogen-bond acceptors (Lipinski definition) is 6. The summed E-state index contributed by atoms with van der Waals surface area (Å²) in [5, 5.41) is 26.9. The van der Waals surface area contributed by atoms with Gasteiger partial charge in [-0.1, -0.05) is 22.0 Å². The third-order valence-electron chi connectivity index (χ3n) is 2.89. The first-order valence-electron chi connectivity index (χ1n) is 6.74. The zero-order valence-electron chi connectivity index (χ0n) is 12.3. The fourth-order valence-corrected chi connectivity index (χ4v) is 2.15. The molecule has 0 aromatic heterocycles. The summed E-state index contributed by atoms with van der Waals surface area (Å²) in [6.45, 7) is -0.00525. The summed E-state index contributed by atoms with van der Waals surface area (Å²) in [6, 6.07) is 10.8. The molecule has 0 saturated heterocycles. The van der Waals surface area contributed by atoms with E-state index in [-0.39, 0.29) is 23.5 Å². The van der Waals surface area contributed by atoms with Gasteiger partial charge < -0.3 is 10.4 Å². The van der Waals surface area contributed by atoms with Crippen LogP contribution in [0.3, 0.4) is 0 Å². The van der Waals surface area contributed by atoms with Crippen LogP contribution < -0.4 is 10.7 Å². The zero-order valence-corrected chi connectivity index (χ0v) is 13.9. The van der Waals surface area contributed by atoms with Gasteiger partial charge in [-0.3, -0.25) is 14.9 Å². The molecule has 0 radical (unpaired) electrons. The molecule has 0 aliphatic heterocycles. The molecule has 0 bridgehead atoms. The number of carbonyl (C=O) groups excluding carboxylic acids is 1. The fraction of sp³-hybridized carbons (Fsp3) is 0.0667. The second-order valence-corrected chi connectivity index (χ2v) is 5.57. The number of non-ortho nitro benzene ring substituents is 1. The Hall–Kier alpha value is -2.94. The van der Waals surface area contributed by atoms with E-state index in [1.54, 1.807) is 0 Å². The van der Waals surface area contributed by atoms with Gasteiger partial charge in [-0.25, -0.2) is 5.43 Å². The number of amides is 1. The Kier molecular flexibility index (Phi) is 5.85. The Labute approximate surface area is 145 Å². The van der Waals surface area contributed by atoms with Crippen molar-refractivity contribution in [3.63, 3.8) is 0 Å². The summed E-state index contributed by atoms with van der Waals surface area (Å²) in [6.07, 6.45) is 1.14. The Morgan fingerprint density at radius 2 is 2.12 bits per heavy atom. The molecule has 9 heteroatoms. The number of hydrazone groups is 1. The van der Waals surface area contributed by atoms with Crippen molar-refractivity contribution in [2.24, 2.45) is 5.10 Å². The smallest absolute Gasteiger partial charge is 0.270 e. The van der Waals surface area contributed by atoms with Gasteiger partial charge in [0.05, 0.1) is 17.7 Å². The van der Waals surface area contributed by atoms with Gasteiger partial charge in [0.2, 0.25) is 0 Å². The summed E-state index contributed by atoms with van der Waals surface area (Å²) < 4.78 is 0.882. The lowest BCUT2D eigenvalue weighted by Crippen LogP contribution is -2.25. The first kappa shape index (κ1) is 17.4. The summed E-state index contributed by atoms with van der Waals surface area (Å²) >= 11 is 3.32. The maximum Gasteiger partial charge on any atom is 0.270 e. The molecule has 0 saturated carbocycles. The Bertz CT molecular complexity index is 795. The minimum absolute atomic E-state index is 0.00525. The van der Waals surface area contributed by atoms with Crippen LogP contribution in [0, 0.1) is 10.1 Å². The molecule has 3 N–H and O–H groups in total. The Morgan fingerprint density at radius 1 is 1.33 bits per heavy atom. The molecule has 2 aromatic carbocycles. The van der Waals surface area contributed by atoms with Crippen LogP contribution in [-0.4, -0.2) is 28.7 Å². The van der Waals surface area contributed by atoms with Gasteiger partial charge in [-0.2, -0.15) is 5.10 Å². The Morgan fingerprint density at radius 3 is 2.83 bits per heavy atom. The number of carbonyl (C=O) groups is 1. The maximum absolute atomic E-state index is 11.7. The highest BCUT2D eigenvalue weighted by Gasteiger charge is 2.08. The third kappa shape index (κ3) is 5.06. The highest BCUT2D eigenvalue weighted by molar-refractivity contribution is 9.10. The third-order valence-corrected chi connectivity index (χ3v) is 3.39. The standard InChI is InChI=1S/C15H13BrN4O4/c16-11-2-1-3-12(7-11)17-9-15(22)19-18-8-10-6-13(20(23)24)4-5-14(10)21/h1-8,17,21H,9H2,(H,19,22)/b18-8+. The minimum Gasteiger partial charge on any atom is -0.507 e. The minimum atomic E-state index is -0.586. The van der Waals surface area contributed by atoms with Gasteiger partial charge in [-0.15, -0.1) is 0 Å². The van der Waals surface area contributed by atoms with E-state index in [0.717, 1.165) is 22.4 Å². The molecule has 2 rings (SSSR count). The number of nitro benzene ring substituents is 1. The van der Waals surface area contributed by atoms with E-state index in [1.165, 1.54) is 12.1 Å². The second-order valence-electron chi connectivity index (χ2n) is 4.66. The summed E-state index contributed by atoms with van der Waals surface area (Å²) in [4.78, 5) is 21.8. The molecule has 0 atom stereocenters. The van der Waals surface area contributed by atoms with Crippen molar-refractivity contribution in [2.45, 2.75) is 0 Å². The molecule has 8 nitrogen and oxygen atoms in total. The number of anilines is 1. The van der Waals surface area contributed by atoms with E-state index in [4.69, 9.17) is 0 Å². The van der Waals surface area contributed by atoms with E-state index >= 15 is 0 Å². The molecule has 124 valence electrons. The zero-order chi connectivity index (χ0) is 17.5. The SMILES string of the molecule is O=C(CNc1cccc(Br)c1)N/N=C/c1cc([N+](=O)[O-])ccc1O. The quantitative estimate of drug-likeness (QED) is 0.396. The van der Waals surface area contributed by atoms with Crippen LogP contribution in [0.15, 0.2) is 52.0 Å². The van der Waals surface area contributed by atoms with Crippen LogP contribution in [0.2, 0.25) is 0 Å². The van der Waals surface area contributed by atoms with Crippen molar-refractivity contribution in [1.82, 2.24) is 5.43 Å². The van der Waals surface area contributed by atoms with Crippen molar-refractivity contribution in [3.05, 3.63) is 62.6 Å². The Balaban J connectivity index is 1.90. The van der Waals surface area contributed by atoms with Gasteiger partial charge in [0.1, 0.15) is 5.75 Å². The molecule has 0 fully saturated rings. The van der Waals surface area contributed by atoms with E-state index < -0.39 is 10.8 Å². The van der Waals surface area contributed by atoms with E-state index in [0.29, 0.717) is 0 Å². The number of nitrogens with one attached hydrogen (secondary N) is 2. The average molecular weight is 393 g/mol. The number of rotatable bonds is 6. The molecular formula is C15H13BrN4O4. The molecular weight excluding hydrogens is 380 g/mol. The lowest BCUT2D eigenvalue weighted by Gasteiger charge is -2.05. The summed E-state index contributed by atoms with van der Waals surface area (Å²) in [5.74, 6) is -0.581. The average Bonchev–Trinajstić information content (AvgIpc) is 2.54. The number of benzene rings is 2. The number of nitrogens with zero attached hydrogens (tertiary/aromatic N) is 2. The first-order chi connectivity index (χ1) is 11.5. The molecule has 0 spiro atoms. The van der Waals surface area contributed by atoms with Gasteiger partial charge in [0, 0.05) is 27.9 Å². The number of nitro groups is 1. The van der Waals surface area contributed by atoms with Gasteiger partial charge in [0.25, 0.3) is 11.6 Å². The predicted molar refractivity (Wildman–Crippen MR) is 93.1 cm³/mol. The molecule has 24 heavy (non-hydrogen) atoms. The molecule has 0 aliphatic carbocycles. The van der Waals surface area contributed by atoms with Crippen LogP contribution in [0.5, 0.6) is 5.75 Å². The topological polar surface area (TPSA) is 117 Å². The lowest BCUT2D eigenvalue weighted by atomic mass is 10.2. The van der Waals surface area contributed by atoms with Crippen molar-refractivity contribution >= 4 is 39.4 Å². The van der Waals surface area contributed by atoms with Gasteiger partial charge in [0.15, 0.2) is 0 Å². The van der Waals surface area contributed by atoms with E-state index in [2.05, 4.69) is 31.8 Å². The summed E-state index contributed by atoms with van der Waals surface area (Å²) in [7, 11) is 0. The summed E-state index contributed by atoms with van der Waals surface area (Å²) in [5.41, 5.74) is 2.98. The number of hydrogen-bond donors (Lipinski definition) is 3. The monoisotopic (exact) mass is 392 g/mol. The number of halogens is 1. The van der Waals surface area contributed by atoms with Crippen LogP contribution in [0.1, 0.15) is 5.56 Å². The van der Waals surface area contributed by atoms with Crippen LogP contribution >= 0.6 is 15.9 Å².